The molecule has 0 unspecified atom stereocenters. The van der Waals surface area contributed by atoms with E-state index in [9.17, 15) is 0 Å². The molecule has 0 radical (unpaired) electrons. The van der Waals surface area contributed by atoms with Crippen molar-refractivity contribution in [2.45, 2.75) is 39.2 Å². The summed E-state index contributed by atoms with van der Waals surface area (Å²) in [4.78, 5) is 6.87. The maximum absolute atomic E-state index is 5.54. The van der Waals surface area contributed by atoms with E-state index in [4.69, 9.17) is 4.74 Å². The average Bonchev–Trinajstić information content (AvgIpc) is 2.28. The highest BCUT2D eigenvalue weighted by molar-refractivity contribution is 5.41. The molecule has 0 N–H and O–H groups in total. The Morgan fingerprint density at radius 1 is 1.35 bits per heavy atom. The van der Waals surface area contributed by atoms with Gasteiger partial charge in [0.25, 0.3) is 0 Å². The van der Waals surface area contributed by atoms with E-state index < -0.39 is 0 Å². The Balaban J connectivity index is 2.12. The van der Waals surface area contributed by atoms with Gasteiger partial charge in [-0.15, -0.1) is 0 Å². The van der Waals surface area contributed by atoms with Gasteiger partial charge in [-0.05, 0) is 24.0 Å². The van der Waals surface area contributed by atoms with Gasteiger partial charge >= 0.3 is 0 Å². The summed E-state index contributed by atoms with van der Waals surface area (Å²) in [5, 5.41) is 0. The molecule has 0 amide bonds. The summed E-state index contributed by atoms with van der Waals surface area (Å²) in [5.41, 5.74) is 1.45. The maximum Gasteiger partial charge on any atom is 0.128 e. The average molecular weight is 234 g/mol. The Hall–Kier alpha value is -1.09. The van der Waals surface area contributed by atoms with E-state index in [1.165, 1.54) is 5.56 Å². The monoisotopic (exact) mass is 234 g/mol. The highest BCUT2D eigenvalue weighted by atomic mass is 16.5. The third kappa shape index (κ3) is 2.97. The van der Waals surface area contributed by atoms with Crippen molar-refractivity contribution in [1.82, 2.24) is 4.98 Å². The molecule has 2 heterocycles. The molecule has 17 heavy (non-hydrogen) atoms. The predicted molar refractivity (Wildman–Crippen MR) is 70.6 cm³/mol. The first-order chi connectivity index (χ1) is 7.97. The van der Waals surface area contributed by atoms with Crippen LogP contribution in [0.15, 0.2) is 18.3 Å². The molecule has 0 aliphatic carbocycles. The zero-order valence-electron chi connectivity index (χ0n) is 11.2. The van der Waals surface area contributed by atoms with Gasteiger partial charge < -0.3 is 9.64 Å². The molecule has 0 bridgehead atoms. The van der Waals surface area contributed by atoms with Crippen molar-refractivity contribution in [2.75, 3.05) is 24.6 Å². The SMILES string of the molecule is C[C@@H]1CN(c2ccc(C(C)(C)C)cn2)CCO1. The summed E-state index contributed by atoms with van der Waals surface area (Å²) in [6.07, 6.45) is 2.29. The normalized spacial score (nSPS) is 21.6. The smallest absolute Gasteiger partial charge is 0.128 e. The molecule has 1 saturated heterocycles. The van der Waals surface area contributed by atoms with Gasteiger partial charge in [0, 0.05) is 19.3 Å². The third-order valence-electron chi connectivity index (χ3n) is 3.18. The summed E-state index contributed by atoms with van der Waals surface area (Å²) < 4.78 is 5.54. The first-order valence-corrected chi connectivity index (χ1v) is 6.30. The first-order valence-electron chi connectivity index (χ1n) is 6.30. The Morgan fingerprint density at radius 2 is 2.12 bits per heavy atom. The Labute approximate surface area is 104 Å². The Kier molecular flexibility index (Phi) is 3.38. The van der Waals surface area contributed by atoms with Crippen LogP contribution >= 0.6 is 0 Å². The van der Waals surface area contributed by atoms with Gasteiger partial charge in [-0.1, -0.05) is 26.8 Å². The molecule has 1 fully saturated rings. The van der Waals surface area contributed by atoms with Crippen molar-refractivity contribution in [3.05, 3.63) is 23.9 Å². The van der Waals surface area contributed by atoms with Crippen LogP contribution < -0.4 is 4.90 Å². The summed E-state index contributed by atoms with van der Waals surface area (Å²) in [5.74, 6) is 1.06. The number of morpholine rings is 1. The van der Waals surface area contributed by atoms with E-state index >= 15 is 0 Å². The second kappa shape index (κ2) is 4.65. The third-order valence-corrected chi connectivity index (χ3v) is 3.18. The lowest BCUT2D eigenvalue weighted by atomic mass is 9.88. The summed E-state index contributed by atoms with van der Waals surface area (Å²) in [6, 6.07) is 4.31. The van der Waals surface area contributed by atoms with Crippen molar-refractivity contribution in [3.63, 3.8) is 0 Å². The number of ether oxygens (including phenoxy) is 1. The molecular weight excluding hydrogens is 212 g/mol. The van der Waals surface area contributed by atoms with Crippen molar-refractivity contribution < 1.29 is 4.74 Å². The van der Waals surface area contributed by atoms with E-state index in [1.54, 1.807) is 0 Å². The second-order valence-electron chi connectivity index (χ2n) is 5.78. The molecule has 2 rings (SSSR count). The minimum Gasteiger partial charge on any atom is -0.375 e. The van der Waals surface area contributed by atoms with Crippen molar-refractivity contribution in [3.8, 4) is 0 Å². The largest absolute Gasteiger partial charge is 0.375 e. The lowest BCUT2D eigenvalue weighted by Crippen LogP contribution is -2.41. The van der Waals surface area contributed by atoms with E-state index in [-0.39, 0.29) is 5.41 Å². The standard InChI is InChI=1S/C14H22N2O/c1-11-10-16(7-8-17-11)13-6-5-12(9-15-13)14(2,3)4/h5-6,9,11H,7-8,10H2,1-4H3/t11-/m1/s1. The predicted octanol–water partition coefficient (Wildman–Crippen LogP) is 2.60. The van der Waals surface area contributed by atoms with Crippen LogP contribution in [0.5, 0.6) is 0 Å². The fraction of sp³-hybridized carbons (Fsp3) is 0.643. The van der Waals surface area contributed by atoms with Crippen LogP contribution in [0.1, 0.15) is 33.3 Å². The van der Waals surface area contributed by atoms with Gasteiger partial charge in [0.1, 0.15) is 5.82 Å². The fourth-order valence-corrected chi connectivity index (χ4v) is 2.04. The van der Waals surface area contributed by atoms with Crippen molar-refractivity contribution in [2.24, 2.45) is 0 Å². The van der Waals surface area contributed by atoms with Crippen molar-refractivity contribution >= 4 is 5.82 Å². The summed E-state index contributed by atoms with van der Waals surface area (Å²) in [7, 11) is 0. The molecular formula is C14H22N2O. The maximum atomic E-state index is 5.54. The quantitative estimate of drug-likeness (QED) is 0.747. The zero-order valence-corrected chi connectivity index (χ0v) is 11.2. The summed E-state index contributed by atoms with van der Waals surface area (Å²) in [6.45, 7) is 11.4. The van der Waals surface area contributed by atoms with Crippen molar-refractivity contribution in [1.29, 1.82) is 0 Å². The number of anilines is 1. The molecule has 0 aromatic carbocycles. The minimum atomic E-state index is 0.170. The van der Waals surface area contributed by atoms with E-state index in [1.807, 2.05) is 6.20 Å². The topological polar surface area (TPSA) is 25.4 Å². The lowest BCUT2D eigenvalue weighted by molar-refractivity contribution is 0.0529. The van der Waals surface area contributed by atoms with Gasteiger partial charge in [0.15, 0.2) is 0 Å². The molecule has 1 aromatic heterocycles. The molecule has 94 valence electrons. The van der Waals surface area contributed by atoms with E-state index in [0.29, 0.717) is 6.10 Å². The molecule has 3 nitrogen and oxygen atoms in total. The van der Waals surface area contributed by atoms with Gasteiger partial charge in [0.2, 0.25) is 0 Å². The number of hydrogen-bond donors (Lipinski definition) is 0. The lowest BCUT2D eigenvalue weighted by Gasteiger charge is -2.32. The van der Waals surface area contributed by atoms with Gasteiger partial charge in [0.05, 0.1) is 12.7 Å². The number of rotatable bonds is 1. The fourth-order valence-electron chi connectivity index (χ4n) is 2.04. The molecule has 0 spiro atoms. The van der Waals surface area contributed by atoms with Crippen LogP contribution in [0.3, 0.4) is 0 Å². The number of hydrogen-bond acceptors (Lipinski definition) is 3. The Morgan fingerprint density at radius 3 is 2.65 bits per heavy atom. The van der Waals surface area contributed by atoms with Crippen LogP contribution in [0.2, 0.25) is 0 Å². The van der Waals surface area contributed by atoms with Crippen LogP contribution in [0.4, 0.5) is 5.82 Å². The first kappa shape index (κ1) is 12.4. The zero-order chi connectivity index (χ0) is 12.5. The highest BCUT2D eigenvalue weighted by Gasteiger charge is 2.19. The molecule has 3 heteroatoms. The molecule has 1 aliphatic heterocycles. The number of nitrogens with zero attached hydrogens (tertiary/aromatic N) is 2. The van der Waals surface area contributed by atoms with Gasteiger partial charge in [-0.3, -0.25) is 0 Å². The summed E-state index contributed by atoms with van der Waals surface area (Å²) >= 11 is 0. The minimum absolute atomic E-state index is 0.170. The highest BCUT2D eigenvalue weighted by Crippen LogP contribution is 2.23. The van der Waals surface area contributed by atoms with Crippen LogP contribution in [-0.4, -0.2) is 30.8 Å². The molecule has 1 atom stereocenters. The molecule has 1 aliphatic rings. The Bertz CT molecular complexity index is 367. The van der Waals surface area contributed by atoms with E-state index in [2.05, 4.69) is 49.7 Å². The molecule has 0 saturated carbocycles. The van der Waals surface area contributed by atoms with Gasteiger partial charge in [-0.2, -0.15) is 0 Å². The van der Waals surface area contributed by atoms with Crippen LogP contribution in [-0.2, 0) is 10.2 Å². The molecule has 1 aromatic rings. The van der Waals surface area contributed by atoms with Gasteiger partial charge in [-0.25, -0.2) is 4.98 Å². The van der Waals surface area contributed by atoms with Crippen LogP contribution in [0, 0.1) is 0 Å². The van der Waals surface area contributed by atoms with E-state index in [0.717, 1.165) is 25.5 Å². The second-order valence-corrected chi connectivity index (χ2v) is 5.78. The number of pyridine rings is 1. The van der Waals surface area contributed by atoms with Crippen LogP contribution in [0.25, 0.3) is 0 Å². The number of aromatic nitrogens is 1.